The Morgan fingerprint density at radius 2 is 2.11 bits per heavy atom. The van der Waals surface area contributed by atoms with Crippen molar-refractivity contribution in [2.45, 2.75) is 27.2 Å². The van der Waals surface area contributed by atoms with E-state index in [4.69, 9.17) is 16.3 Å². The van der Waals surface area contributed by atoms with Crippen LogP contribution >= 0.6 is 11.6 Å². The highest BCUT2D eigenvalue weighted by Crippen LogP contribution is 2.31. The van der Waals surface area contributed by atoms with Crippen molar-refractivity contribution < 1.29 is 9.53 Å². The standard InChI is InChI=1S/C14H20ClNO2/c1-9-7-13(18-4)12(11(3)14(9)15)5-6-16-8-10(2)17/h7,16H,5-6,8H2,1-4H3. The van der Waals surface area contributed by atoms with Gasteiger partial charge in [-0.05, 0) is 56.5 Å². The van der Waals surface area contributed by atoms with E-state index in [1.807, 2.05) is 19.9 Å². The molecule has 0 saturated carbocycles. The topological polar surface area (TPSA) is 38.3 Å². The Kier molecular flexibility index (Phi) is 5.63. The van der Waals surface area contributed by atoms with Gasteiger partial charge in [-0.3, -0.25) is 4.79 Å². The highest BCUT2D eigenvalue weighted by Gasteiger charge is 2.12. The van der Waals surface area contributed by atoms with Gasteiger partial charge in [-0.2, -0.15) is 0 Å². The van der Waals surface area contributed by atoms with Crippen LogP contribution < -0.4 is 10.1 Å². The largest absolute Gasteiger partial charge is 0.496 e. The lowest BCUT2D eigenvalue weighted by molar-refractivity contribution is -0.116. The fourth-order valence-electron chi connectivity index (χ4n) is 1.93. The molecule has 1 N–H and O–H groups in total. The number of Topliss-reactive ketones (excluding diaryl/α,β-unsaturated/α-hetero) is 1. The van der Waals surface area contributed by atoms with Gasteiger partial charge in [0.2, 0.25) is 0 Å². The number of nitrogens with one attached hydrogen (secondary N) is 1. The van der Waals surface area contributed by atoms with Gasteiger partial charge in [0.1, 0.15) is 11.5 Å². The minimum atomic E-state index is 0.139. The van der Waals surface area contributed by atoms with E-state index in [0.29, 0.717) is 6.54 Å². The van der Waals surface area contributed by atoms with Crippen LogP contribution in [0.3, 0.4) is 0 Å². The van der Waals surface area contributed by atoms with E-state index in [1.54, 1.807) is 14.0 Å². The quantitative estimate of drug-likeness (QED) is 0.807. The molecule has 3 nitrogen and oxygen atoms in total. The summed E-state index contributed by atoms with van der Waals surface area (Å²) in [5.74, 6) is 1.000. The summed E-state index contributed by atoms with van der Waals surface area (Å²) in [5, 5.41) is 3.89. The van der Waals surface area contributed by atoms with Gasteiger partial charge < -0.3 is 10.1 Å². The first-order valence-electron chi connectivity index (χ1n) is 6.00. The van der Waals surface area contributed by atoms with E-state index in [9.17, 15) is 4.79 Å². The highest BCUT2D eigenvalue weighted by molar-refractivity contribution is 6.32. The van der Waals surface area contributed by atoms with E-state index in [-0.39, 0.29) is 5.78 Å². The van der Waals surface area contributed by atoms with Crippen LogP contribution in [0.25, 0.3) is 0 Å². The van der Waals surface area contributed by atoms with Crippen molar-refractivity contribution in [3.05, 3.63) is 27.8 Å². The van der Waals surface area contributed by atoms with Crippen molar-refractivity contribution in [3.63, 3.8) is 0 Å². The molecular weight excluding hydrogens is 250 g/mol. The van der Waals surface area contributed by atoms with Crippen LogP contribution in [-0.2, 0) is 11.2 Å². The molecule has 0 aliphatic carbocycles. The highest BCUT2D eigenvalue weighted by atomic mass is 35.5. The maximum absolute atomic E-state index is 10.8. The summed E-state index contributed by atoms with van der Waals surface area (Å²) < 4.78 is 5.39. The lowest BCUT2D eigenvalue weighted by Gasteiger charge is -2.15. The van der Waals surface area contributed by atoms with Crippen LogP contribution in [0, 0.1) is 13.8 Å². The third kappa shape index (κ3) is 3.72. The lowest BCUT2D eigenvalue weighted by atomic mass is 10.0. The number of hydrogen-bond donors (Lipinski definition) is 1. The Labute approximate surface area is 113 Å². The molecule has 18 heavy (non-hydrogen) atoms. The number of ether oxygens (including phenoxy) is 1. The monoisotopic (exact) mass is 269 g/mol. The minimum Gasteiger partial charge on any atom is -0.496 e. The summed E-state index contributed by atoms with van der Waals surface area (Å²) in [6.07, 6.45) is 0.794. The minimum absolute atomic E-state index is 0.139. The molecule has 0 aromatic heterocycles. The molecule has 0 aliphatic heterocycles. The molecule has 0 radical (unpaired) electrons. The van der Waals surface area contributed by atoms with Crippen LogP contribution in [0.2, 0.25) is 5.02 Å². The summed E-state index contributed by atoms with van der Waals surface area (Å²) in [5.41, 5.74) is 3.17. The second-order valence-corrected chi connectivity index (χ2v) is 4.82. The van der Waals surface area contributed by atoms with Crippen molar-refractivity contribution in [3.8, 4) is 5.75 Å². The Hall–Kier alpha value is -1.06. The first-order valence-corrected chi connectivity index (χ1v) is 6.38. The molecule has 0 heterocycles. The Morgan fingerprint density at radius 1 is 1.44 bits per heavy atom. The van der Waals surface area contributed by atoms with Gasteiger partial charge in [-0.1, -0.05) is 11.6 Å². The van der Waals surface area contributed by atoms with Gasteiger partial charge in [-0.15, -0.1) is 0 Å². The first kappa shape index (κ1) is 15.0. The zero-order chi connectivity index (χ0) is 13.7. The molecular formula is C14H20ClNO2. The number of aryl methyl sites for hydroxylation is 1. The number of hydrogen-bond acceptors (Lipinski definition) is 3. The number of rotatable bonds is 6. The van der Waals surface area contributed by atoms with Crippen LogP contribution in [0.5, 0.6) is 5.75 Å². The second-order valence-electron chi connectivity index (χ2n) is 4.44. The van der Waals surface area contributed by atoms with E-state index in [0.717, 1.165) is 40.4 Å². The van der Waals surface area contributed by atoms with Gasteiger partial charge >= 0.3 is 0 Å². The molecule has 0 saturated heterocycles. The van der Waals surface area contributed by atoms with Crippen LogP contribution in [0.1, 0.15) is 23.6 Å². The van der Waals surface area contributed by atoms with Crippen LogP contribution in [0.4, 0.5) is 0 Å². The Balaban J connectivity index is 2.80. The van der Waals surface area contributed by atoms with Crippen molar-refractivity contribution in [1.29, 1.82) is 0 Å². The average molecular weight is 270 g/mol. The normalized spacial score (nSPS) is 10.5. The summed E-state index contributed by atoms with van der Waals surface area (Å²) >= 11 is 6.24. The van der Waals surface area contributed by atoms with Crippen molar-refractivity contribution in [1.82, 2.24) is 5.32 Å². The first-order chi connectivity index (χ1) is 8.47. The maximum atomic E-state index is 10.8. The summed E-state index contributed by atoms with van der Waals surface area (Å²) in [6.45, 7) is 6.67. The smallest absolute Gasteiger partial charge is 0.143 e. The second kappa shape index (κ2) is 6.76. The molecule has 1 rings (SSSR count). The maximum Gasteiger partial charge on any atom is 0.143 e. The zero-order valence-electron chi connectivity index (χ0n) is 11.4. The number of benzene rings is 1. The molecule has 0 aliphatic rings. The summed E-state index contributed by atoms with van der Waals surface area (Å²) in [4.78, 5) is 10.8. The molecule has 0 fully saturated rings. The van der Waals surface area contributed by atoms with Gasteiger partial charge in [0.25, 0.3) is 0 Å². The molecule has 100 valence electrons. The fraction of sp³-hybridized carbons (Fsp3) is 0.500. The van der Waals surface area contributed by atoms with Gasteiger partial charge in [0, 0.05) is 5.02 Å². The molecule has 0 spiro atoms. The molecule has 1 aromatic carbocycles. The number of carbonyl (C=O) groups excluding carboxylic acids is 1. The van der Waals surface area contributed by atoms with Crippen molar-refractivity contribution >= 4 is 17.4 Å². The number of halogens is 1. The predicted octanol–water partition coefficient (Wildman–Crippen LogP) is 2.69. The third-order valence-corrected chi connectivity index (χ3v) is 3.50. The van der Waals surface area contributed by atoms with Gasteiger partial charge in [0.15, 0.2) is 0 Å². The van der Waals surface area contributed by atoms with E-state index >= 15 is 0 Å². The van der Waals surface area contributed by atoms with Crippen molar-refractivity contribution in [2.75, 3.05) is 20.2 Å². The van der Waals surface area contributed by atoms with Crippen LogP contribution in [0.15, 0.2) is 6.07 Å². The SMILES string of the molecule is COc1cc(C)c(Cl)c(C)c1CCNCC(C)=O. The van der Waals surface area contributed by atoms with Gasteiger partial charge in [-0.25, -0.2) is 0 Å². The number of ketones is 1. The fourth-order valence-corrected chi connectivity index (χ4v) is 2.10. The third-order valence-electron chi connectivity index (χ3n) is 2.92. The summed E-state index contributed by atoms with van der Waals surface area (Å²) in [6, 6.07) is 1.95. The van der Waals surface area contributed by atoms with Gasteiger partial charge in [0.05, 0.1) is 13.7 Å². The predicted molar refractivity (Wildman–Crippen MR) is 74.7 cm³/mol. The lowest BCUT2D eigenvalue weighted by Crippen LogP contribution is -2.23. The number of methoxy groups -OCH3 is 1. The number of carbonyl (C=O) groups is 1. The molecule has 4 heteroatoms. The summed E-state index contributed by atoms with van der Waals surface area (Å²) in [7, 11) is 1.66. The Morgan fingerprint density at radius 3 is 2.67 bits per heavy atom. The average Bonchev–Trinajstić information content (AvgIpc) is 2.33. The molecule has 1 aromatic rings. The van der Waals surface area contributed by atoms with Crippen molar-refractivity contribution in [2.24, 2.45) is 0 Å². The molecule has 0 amide bonds. The molecule has 0 atom stereocenters. The van der Waals surface area contributed by atoms with E-state index in [2.05, 4.69) is 5.32 Å². The Bertz CT molecular complexity index is 444. The van der Waals surface area contributed by atoms with E-state index < -0.39 is 0 Å². The van der Waals surface area contributed by atoms with Crippen LogP contribution in [-0.4, -0.2) is 26.0 Å². The molecule has 0 bridgehead atoms. The molecule has 0 unspecified atom stereocenters. The zero-order valence-corrected chi connectivity index (χ0v) is 12.1. The van der Waals surface area contributed by atoms with E-state index in [1.165, 1.54) is 0 Å².